The smallest absolute Gasteiger partial charge is 0.147 e. The highest BCUT2D eigenvalue weighted by atomic mass is 35.5. The summed E-state index contributed by atoms with van der Waals surface area (Å²) < 4.78 is 5.71. The van der Waals surface area contributed by atoms with E-state index in [1.54, 1.807) is 24.3 Å². The number of ether oxygens (including phenoxy) is 1. The summed E-state index contributed by atoms with van der Waals surface area (Å²) in [6.07, 6.45) is 0. The highest BCUT2D eigenvalue weighted by Crippen LogP contribution is 2.37. The highest BCUT2D eigenvalue weighted by molar-refractivity contribution is 6.43. The molecule has 19 heavy (non-hydrogen) atoms. The molecule has 0 aliphatic heterocycles. The minimum Gasteiger partial charge on any atom is -0.455 e. The fourth-order valence-corrected chi connectivity index (χ4v) is 2.28. The van der Waals surface area contributed by atoms with E-state index in [1.807, 2.05) is 0 Å². The molecule has 2 N–H and O–H groups in total. The van der Waals surface area contributed by atoms with Crippen molar-refractivity contribution in [1.29, 1.82) is 0 Å². The lowest BCUT2D eigenvalue weighted by Gasteiger charge is -2.12. The van der Waals surface area contributed by atoms with E-state index >= 15 is 0 Å². The van der Waals surface area contributed by atoms with Crippen LogP contribution in [0.5, 0.6) is 11.5 Å². The van der Waals surface area contributed by atoms with Crippen molar-refractivity contribution in [3.63, 3.8) is 0 Å². The number of rotatable bonds is 3. The van der Waals surface area contributed by atoms with E-state index in [2.05, 4.69) is 0 Å². The maximum absolute atomic E-state index is 6.05. The zero-order chi connectivity index (χ0) is 14.0. The summed E-state index contributed by atoms with van der Waals surface area (Å²) >= 11 is 23.7. The van der Waals surface area contributed by atoms with E-state index in [1.165, 1.54) is 6.07 Å². The first kappa shape index (κ1) is 14.8. The molecule has 0 amide bonds. The Bertz CT molecular complexity index is 616. The molecule has 0 aliphatic rings. The van der Waals surface area contributed by atoms with Crippen LogP contribution in [-0.2, 0) is 6.54 Å². The van der Waals surface area contributed by atoms with Gasteiger partial charge in [0.25, 0.3) is 0 Å². The van der Waals surface area contributed by atoms with Gasteiger partial charge in [0.05, 0.1) is 15.1 Å². The highest BCUT2D eigenvalue weighted by Gasteiger charge is 2.10. The predicted octanol–water partition coefficient (Wildman–Crippen LogP) is 5.55. The van der Waals surface area contributed by atoms with Crippen molar-refractivity contribution < 1.29 is 4.74 Å². The topological polar surface area (TPSA) is 35.2 Å². The maximum Gasteiger partial charge on any atom is 0.147 e. The number of halogens is 4. The SMILES string of the molecule is NCc1cc(Cl)ccc1Oc1cc(Cl)c(Cl)cc1Cl. The van der Waals surface area contributed by atoms with Crippen molar-refractivity contribution in [3.05, 3.63) is 56.0 Å². The minimum atomic E-state index is 0.300. The molecule has 2 aromatic rings. The number of hydrogen-bond acceptors (Lipinski definition) is 2. The molecular weight excluding hydrogens is 328 g/mol. The quantitative estimate of drug-likeness (QED) is 0.745. The fourth-order valence-electron chi connectivity index (χ4n) is 1.51. The Balaban J connectivity index is 2.39. The summed E-state index contributed by atoms with van der Waals surface area (Å²) in [5.41, 5.74) is 6.42. The van der Waals surface area contributed by atoms with Gasteiger partial charge in [-0.05, 0) is 24.3 Å². The molecule has 0 saturated heterocycles. The average molecular weight is 337 g/mol. The van der Waals surface area contributed by atoms with Gasteiger partial charge in [0.2, 0.25) is 0 Å². The summed E-state index contributed by atoms with van der Waals surface area (Å²) in [7, 11) is 0. The molecule has 2 aromatic carbocycles. The lowest BCUT2D eigenvalue weighted by molar-refractivity contribution is 0.476. The molecule has 0 spiro atoms. The van der Waals surface area contributed by atoms with Crippen molar-refractivity contribution in [3.8, 4) is 11.5 Å². The molecule has 0 fully saturated rings. The Morgan fingerprint density at radius 3 is 2.21 bits per heavy atom. The van der Waals surface area contributed by atoms with Crippen LogP contribution >= 0.6 is 46.4 Å². The molecule has 2 rings (SSSR count). The second-order valence-electron chi connectivity index (χ2n) is 3.75. The van der Waals surface area contributed by atoms with Gasteiger partial charge < -0.3 is 10.5 Å². The molecule has 0 unspecified atom stereocenters. The molecule has 0 aromatic heterocycles. The number of benzene rings is 2. The molecule has 0 aliphatic carbocycles. The van der Waals surface area contributed by atoms with E-state index in [-0.39, 0.29) is 0 Å². The van der Waals surface area contributed by atoms with Gasteiger partial charge in [-0.1, -0.05) is 46.4 Å². The fraction of sp³-hybridized carbons (Fsp3) is 0.0769. The zero-order valence-corrected chi connectivity index (χ0v) is 12.6. The van der Waals surface area contributed by atoms with Crippen molar-refractivity contribution >= 4 is 46.4 Å². The van der Waals surface area contributed by atoms with Crippen LogP contribution in [0.2, 0.25) is 20.1 Å². The maximum atomic E-state index is 6.05. The molecular formula is C13H9Cl4NO. The standard InChI is InChI=1S/C13H9Cl4NO/c14-8-1-2-12(7(3-8)6-18)19-13-5-10(16)9(15)4-11(13)17/h1-5H,6,18H2. The third-order valence-corrected chi connectivity index (χ3v) is 3.69. The predicted molar refractivity (Wildman–Crippen MR) is 80.9 cm³/mol. The summed E-state index contributed by atoms with van der Waals surface area (Å²) in [6.45, 7) is 0.300. The zero-order valence-electron chi connectivity index (χ0n) is 9.59. The van der Waals surface area contributed by atoms with Crippen molar-refractivity contribution in [2.24, 2.45) is 5.73 Å². The van der Waals surface area contributed by atoms with Crippen LogP contribution in [0.4, 0.5) is 0 Å². The van der Waals surface area contributed by atoms with Crippen LogP contribution in [0.15, 0.2) is 30.3 Å². The largest absolute Gasteiger partial charge is 0.455 e. The summed E-state index contributed by atoms with van der Waals surface area (Å²) in [5, 5.41) is 1.69. The van der Waals surface area contributed by atoms with Gasteiger partial charge in [-0.3, -0.25) is 0 Å². The van der Waals surface area contributed by atoms with E-state index in [9.17, 15) is 0 Å². The number of hydrogen-bond donors (Lipinski definition) is 1. The molecule has 0 atom stereocenters. The van der Waals surface area contributed by atoms with E-state index < -0.39 is 0 Å². The Hall–Kier alpha value is -0.640. The third kappa shape index (κ3) is 3.47. The Morgan fingerprint density at radius 2 is 1.53 bits per heavy atom. The molecule has 100 valence electrons. The number of nitrogens with two attached hydrogens (primary N) is 1. The van der Waals surface area contributed by atoms with Gasteiger partial charge in [-0.25, -0.2) is 0 Å². The van der Waals surface area contributed by atoms with Crippen LogP contribution in [0.1, 0.15) is 5.56 Å². The first-order valence-corrected chi connectivity index (χ1v) is 6.83. The molecule has 2 nitrogen and oxygen atoms in total. The Kier molecular flexibility index (Phi) is 4.82. The van der Waals surface area contributed by atoms with Crippen LogP contribution in [0, 0.1) is 0 Å². The Labute approximate surface area is 131 Å². The van der Waals surface area contributed by atoms with Crippen LogP contribution < -0.4 is 10.5 Å². The first-order chi connectivity index (χ1) is 9.01. The molecule has 0 bridgehead atoms. The first-order valence-electron chi connectivity index (χ1n) is 5.32. The van der Waals surface area contributed by atoms with E-state index in [0.717, 1.165) is 5.56 Å². The van der Waals surface area contributed by atoms with Crippen molar-refractivity contribution in [2.45, 2.75) is 6.54 Å². The van der Waals surface area contributed by atoms with E-state index in [4.69, 9.17) is 56.9 Å². The average Bonchev–Trinajstić information content (AvgIpc) is 2.37. The van der Waals surface area contributed by atoms with Gasteiger partial charge in [-0.2, -0.15) is 0 Å². The minimum absolute atomic E-state index is 0.300. The monoisotopic (exact) mass is 335 g/mol. The lowest BCUT2D eigenvalue weighted by atomic mass is 10.2. The summed E-state index contributed by atoms with van der Waals surface area (Å²) in [5.74, 6) is 0.986. The normalized spacial score (nSPS) is 10.6. The van der Waals surface area contributed by atoms with Crippen molar-refractivity contribution in [2.75, 3.05) is 0 Å². The Morgan fingerprint density at radius 1 is 0.842 bits per heavy atom. The second kappa shape index (κ2) is 6.21. The van der Waals surface area contributed by atoms with Crippen molar-refractivity contribution in [1.82, 2.24) is 0 Å². The van der Waals surface area contributed by atoms with Gasteiger partial charge in [0, 0.05) is 23.2 Å². The summed E-state index contributed by atoms with van der Waals surface area (Å²) in [6, 6.07) is 8.26. The van der Waals surface area contributed by atoms with Gasteiger partial charge >= 0.3 is 0 Å². The van der Waals surface area contributed by atoms with Gasteiger partial charge in [0.15, 0.2) is 0 Å². The van der Waals surface area contributed by atoms with Gasteiger partial charge in [-0.15, -0.1) is 0 Å². The van der Waals surface area contributed by atoms with Gasteiger partial charge in [0.1, 0.15) is 11.5 Å². The third-order valence-electron chi connectivity index (χ3n) is 2.44. The van der Waals surface area contributed by atoms with Crippen LogP contribution in [0.3, 0.4) is 0 Å². The molecule has 0 radical (unpaired) electrons. The van der Waals surface area contributed by atoms with Crippen LogP contribution in [0.25, 0.3) is 0 Å². The lowest BCUT2D eigenvalue weighted by Crippen LogP contribution is -1.99. The summed E-state index contributed by atoms with van der Waals surface area (Å²) in [4.78, 5) is 0. The van der Waals surface area contributed by atoms with Crippen LogP contribution in [-0.4, -0.2) is 0 Å². The van der Waals surface area contributed by atoms with E-state index in [0.29, 0.717) is 38.1 Å². The molecule has 0 heterocycles. The molecule has 0 saturated carbocycles. The second-order valence-corrected chi connectivity index (χ2v) is 5.41. The molecule has 6 heteroatoms.